The summed E-state index contributed by atoms with van der Waals surface area (Å²) in [5.74, 6) is 0.283. The minimum absolute atomic E-state index is 0.0946. The Morgan fingerprint density at radius 2 is 1.86 bits per heavy atom. The van der Waals surface area contributed by atoms with Crippen molar-refractivity contribution >= 4 is 15.9 Å². The Labute approximate surface area is 133 Å². The molecule has 22 heavy (non-hydrogen) atoms. The maximum absolute atomic E-state index is 12.2. The van der Waals surface area contributed by atoms with Gasteiger partial charge in [0.2, 0.25) is 15.9 Å². The van der Waals surface area contributed by atoms with E-state index in [1.54, 1.807) is 4.31 Å². The van der Waals surface area contributed by atoms with Gasteiger partial charge in [-0.1, -0.05) is 6.42 Å². The molecule has 6 nitrogen and oxygen atoms in total. The first-order chi connectivity index (χ1) is 10.5. The van der Waals surface area contributed by atoms with Crippen LogP contribution in [0.25, 0.3) is 0 Å². The Kier molecular flexibility index (Phi) is 6.65. The lowest BCUT2D eigenvalue weighted by molar-refractivity contribution is -0.138. The molecule has 0 aliphatic carbocycles. The second-order valence-corrected chi connectivity index (χ2v) is 8.34. The normalized spacial score (nSPS) is 24.4. The van der Waals surface area contributed by atoms with Crippen LogP contribution in [0.15, 0.2) is 0 Å². The van der Waals surface area contributed by atoms with Crippen molar-refractivity contribution in [2.24, 2.45) is 0 Å². The van der Waals surface area contributed by atoms with Crippen LogP contribution in [-0.2, 0) is 19.6 Å². The number of hydrogen-bond acceptors (Lipinski definition) is 4. The third kappa shape index (κ3) is 5.21. The SMILES string of the molecule is CC1CN(C(=O)CCCCS(=O)(=O)N2CCCCC2)CCO1. The second kappa shape index (κ2) is 8.26. The highest BCUT2D eigenvalue weighted by Crippen LogP contribution is 2.15. The van der Waals surface area contributed by atoms with Crippen LogP contribution in [0.2, 0.25) is 0 Å². The van der Waals surface area contributed by atoms with Crippen LogP contribution < -0.4 is 0 Å². The molecule has 0 bridgehead atoms. The van der Waals surface area contributed by atoms with Crippen molar-refractivity contribution in [2.75, 3.05) is 38.5 Å². The number of unbranched alkanes of at least 4 members (excludes halogenated alkanes) is 1. The van der Waals surface area contributed by atoms with Gasteiger partial charge in [0.25, 0.3) is 0 Å². The average Bonchev–Trinajstić information content (AvgIpc) is 2.52. The number of amides is 1. The smallest absolute Gasteiger partial charge is 0.222 e. The number of nitrogens with zero attached hydrogens (tertiary/aromatic N) is 2. The molecule has 0 saturated carbocycles. The molecule has 0 aromatic rings. The number of ether oxygens (including phenoxy) is 1. The van der Waals surface area contributed by atoms with Gasteiger partial charge in [0.15, 0.2) is 0 Å². The summed E-state index contributed by atoms with van der Waals surface area (Å²) in [6.07, 6.45) is 4.78. The molecule has 0 N–H and O–H groups in total. The fraction of sp³-hybridized carbons (Fsp3) is 0.933. The lowest BCUT2D eigenvalue weighted by Gasteiger charge is -2.31. The van der Waals surface area contributed by atoms with Gasteiger partial charge < -0.3 is 9.64 Å². The molecule has 0 aromatic carbocycles. The van der Waals surface area contributed by atoms with Gasteiger partial charge in [-0.25, -0.2) is 12.7 Å². The first kappa shape index (κ1) is 17.7. The third-order valence-corrected chi connectivity index (χ3v) is 6.30. The standard InChI is InChI=1S/C15H28N2O4S/c1-14-13-16(10-11-21-14)15(18)7-3-6-12-22(19,20)17-8-4-2-5-9-17/h14H,2-13H2,1H3. The Morgan fingerprint density at radius 1 is 1.14 bits per heavy atom. The Hall–Kier alpha value is -0.660. The predicted octanol–water partition coefficient (Wildman–Crippen LogP) is 1.22. The Bertz CT molecular complexity index is 460. The van der Waals surface area contributed by atoms with E-state index in [1.807, 2.05) is 11.8 Å². The molecule has 1 atom stereocenters. The quantitative estimate of drug-likeness (QED) is 0.686. The summed E-state index contributed by atoms with van der Waals surface area (Å²) in [5.41, 5.74) is 0. The van der Waals surface area contributed by atoms with Gasteiger partial charge in [-0.3, -0.25) is 4.79 Å². The van der Waals surface area contributed by atoms with E-state index in [4.69, 9.17) is 4.74 Å². The van der Waals surface area contributed by atoms with Gasteiger partial charge in [0.1, 0.15) is 0 Å². The summed E-state index contributed by atoms with van der Waals surface area (Å²) in [4.78, 5) is 13.9. The molecule has 128 valence electrons. The molecule has 1 unspecified atom stereocenters. The highest BCUT2D eigenvalue weighted by molar-refractivity contribution is 7.89. The first-order valence-corrected chi connectivity index (χ1v) is 9.97. The average molecular weight is 332 g/mol. The van der Waals surface area contributed by atoms with E-state index < -0.39 is 10.0 Å². The zero-order valence-electron chi connectivity index (χ0n) is 13.5. The lowest BCUT2D eigenvalue weighted by Crippen LogP contribution is -2.44. The van der Waals surface area contributed by atoms with E-state index in [9.17, 15) is 13.2 Å². The molecule has 0 aromatic heterocycles. The third-order valence-electron chi connectivity index (χ3n) is 4.35. The second-order valence-electron chi connectivity index (χ2n) is 6.25. The monoisotopic (exact) mass is 332 g/mol. The number of carbonyl (C=O) groups excluding carboxylic acids is 1. The van der Waals surface area contributed by atoms with Crippen molar-refractivity contribution in [1.82, 2.24) is 9.21 Å². The molecular weight excluding hydrogens is 304 g/mol. The van der Waals surface area contributed by atoms with Crippen LogP contribution in [0.4, 0.5) is 0 Å². The number of hydrogen-bond donors (Lipinski definition) is 0. The van der Waals surface area contributed by atoms with Crippen LogP contribution in [-0.4, -0.2) is 68.2 Å². The van der Waals surface area contributed by atoms with Crippen molar-refractivity contribution in [3.8, 4) is 0 Å². The molecule has 0 radical (unpaired) electrons. The van der Waals surface area contributed by atoms with Gasteiger partial charge in [-0.2, -0.15) is 0 Å². The number of rotatable bonds is 6. The zero-order valence-corrected chi connectivity index (χ0v) is 14.3. The summed E-state index contributed by atoms with van der Waals surface area (Å²) in [5, 5.41) is 0. The van der Waals surface area contributed by atoms with Gasteiger partial charge in [0.05, 0.1) is 18.5 Å². The zero-order chi connectivity index (χ0) is 16.0. The van der Waals surface area contributed by atoms with Crippen molar-refractivity contribution in [3.05, 3.63) is 0 Å². The van der Waals surface area contributed by atoms with E-state index in [2.05, 4.69) is 0 Å². The van der Waals surface area contributed by atoms with Crippen molar-refractivity contribution < 1.29 is 17.9 Å². The number of carbonyl (C=O) groups is 1. The van der Waals surface area contributed by atoms with E-state index in [0.717, 1.165) is 19.3 Å². The molecular formula is C15H28N2O4S. The molecule has 2 fully saturated rings. The van der Waals surface area contributed by atoms with Crippen LogP contribution in [0.3, 0.4) is 0 Å². The highest BCUT2D eigenvalue weighted by atomic mass is 32.2. The summed E-state index contributed by atoms with van der Waals surface area (Å²) >= 11 is 0. The van der Waals surface area contributed by atoms with Crippen molar-refractivity contribution in [3.63, 3.8) is 0 Å². The molecule has 2 aliphatic heterocycles. The van der Waals surface area contributed by atoms with Gasteiger partial charge in [-0.05, 0) is 32.6 Å². The molecule has 0 spiro atoms. The predicted molar refractivity (Wildman–Crippen MR) is 85.1 cm³/mol. The van der Waals surface area contributed by atoms with Crippen LogP contribution in [0.5, 0.6) is 0 Å². The van der Waals surface area contributed by atoms with Crippen LogP contribution >= 0.6 is 0 Å². The largest absolute Gasteiger partial charge is 0.375 e. The molecule has 1 amide bonds. The lowest BCUT2D eigenvalue weighted by atomic mass is 10.2. The summed E-state index contributed by atoms with van der Waals surface area (Å²) in [7, 11) is -3.13. The summed E-state index contributed by atoms with van der Waals surface area (Å²) < 4.78 is 31.4. The molecule has 2 rings (SSSR count). The maximum Gasteiger partial charge on any atom is 0.222 e. The number of sulfonamides is 1. The topological polar surface area (TPSA) is 66.9 Å². The van der Waals surface area contributed by atoms with Crippen molar-refractivity contribution in [2.45, 2.75) is 51.6 Å². The van der Waals surface area contributed by atoms with Gasteiger partial charge in [-0.15, -0.1) is 0 Å². The molecule has 7 heteroatoms. The summed E-state index contributed by atoms with van der Waals surface area (Å²) in [6.45, 7) is 5.17. The Morgan fingerprint density at radius 3 is 2.55 bits per heavy atom. The van der Waals surface area contributed by atoms with E-state index in [-0.39, 0.29) is 17.8 Å². The number of morpholine rings is 1. The van der Waals surface area contributed by atoms with Crippen molar-refractivity contribution in [1.29, 1.82) is 0 Å². The van der Waals surface area contributed by atoms with Gasteiger partial charge >= 0.3 is 0 Å². The van der Waals surface area contributed by atoms with E-state index >= 15 is 0 Å². The van der Waals surface area contributed by atoms with E-state index in [1.165, 1.54) is 0 Å². The Balaban J connectivity index is 1.66. The minimum atomic E-state index is -3.13. The van der Waals surface area contributed by atoms with Crippen LogP contribution in [0, 0.1) is 0 Å². The van der Waals surface area contributed by atoms with Gasteiger partial charge in [0, 0.05) is 32.6 Å². The fourth-order valence-corrected chi connectivity index (χ4v) is 4.68. The molecule has 2 saturated heterocycles. The highest BCUT2D eigenvalue weighted by Gasteiger charge is 2.24. The molecule has 2 aliphatic rings. The van der Waals surface area contributed by atoms with E-state index in [0.29, 0.717) is 52.0 Å². The number of piperidine rings is 1. The molecule has 2 heterocycles. The van der Waals surface area contributed by atoms with Crippen LogP contribution in [0.1, 0.15) is 45.4 Å². The maximum atomic E-state index is 12.2. The minimum Gasteiger partial charge on any atom is -0.375 e. The summed E-state index contributed by atoms with van der Waals surface area (Å²) in [6, 6.07) is 0. The first-order valence-electron chi connectivity index (χ1n) is 8.36. The fourth-order valence-electron chi connectivity index (χ4n) is 3.04.